The summed E-state index contributed by atoms with van der Waals surface area (Å²) in [6.45, 7) is 9.73. The van der Waals surface area contributed by atoms with Gasteiger partial charge in [0.15, 0.2) is 0 Å². The SMILES string of the molecule is C[C@H](CCNC(=O)N1CCC(CN2CCOCC2)CC1)c1ccccc1. The van der Waals surface area contributed by atoms with Gasteiger partial charge in [0.1, 0.15) is 0 Å². The molecule has 0 bridgehead atoms. The number of urea groups is 1. The maximum absolute atomic E-state index is 12.4. The van der Waals surface area contributed by atoms with E-state index < -0.39 is 0 Å². The van der Waals surface area contributed by atoms with Crippen LogP contribution in [0.1, 0.15) is 37.7 Å². The van der Waals surface area contributed by atoms with E-state index in [0.29, 0.717) is 5.92 Å². The second-order valence-corrected chi connectivity index (χ2v) is 7.68. The van der Waals surface area contributed by atoms with Crippen molar-refractivity contribution < 1.29 is 9.53 Å². The van der Waals surface area contributed by atoms with Crippen LogP contribution in [0.5, 0.6) is 0 Å². The Kier molecular flexibility index (Phi) is 7.32. The Bertz CT molecular complexity index is 537. The first kappa shape index (κ1) is 19.2. The summed E-state index contributed by atoms with van der Waals surface area (Å²) in [4.78, 5) is 16.9. The summed E-state index contributed by atoms with van der Waals surface area (Å²) >= 11 is 0. The van der Waals surface area contributed by atoms with Gasteiger partial charge in [-0.15, -0.1) is 0 Å². The van der Waals surface area contributed by atoms with Gasteiger partial charge in [-0.2, -0.15) is 0 Å². The average Bonchev–Trinajstić information content (AvgIpc) is 2.70. The van der Waals surface area contributed by atoms with Crippen LogP contribution in [0.4, 0.5) is 4.79 Å². The topological polar surface area (TPSA) is 44.8 Å². The Morgan fingerprint density at radius 1 is 1.15 bits per heavy atom. The number of nitrogens with zero attached hydrogens (tertiary/aromatic N) is 2. The van der Waals surface area contributed by atoms with Gasteiger partial charge in [-0.05, 0) is 36.7 Å². The highest BCUT2D eigenvalue weighted by Crippen LogP contribution is 2.20. The largest absolute Gasteiger partial charge is 0.379 e. The van der Waals surface area contributed by atoms with Gasteiger partial charge in [-0.25, -0.2) is 4.79 Å². The van der Waals surface area contributed by atoms with E-state index in [0.717, 1.165) is 77.7 Å². The molecule has 1 atom stereocenters. The zero-order valence-corrected chi connectivity index (χ0v) is 16.0. The van der Waals surface area contributed by atoms with Gasteiger partial charge in [-0.3, -0.25) is 4.90 Å². The highest BCUT2D eigenvalue weighted by Gasteiger charge is 2.24. The number of benzene rings is 1. The molecule has 3 rings (SSSR count). The number of hydrogen-bond acceptors (Lipinski definition) is 3. The second-order valence-electron chi connectivity index (χ2n) is 7.68. The van der Waals surface area contributed by atoms with Crippen molar-refractivity contribution in [2.24, 2.45) is 5.92 Å². The molecular weight excluding hydrogens is 326 g/mol. The monoisotopic (exact) mass is 359 g/mol. The molecule has 0 spiro atoms. The third-order valence-corrected chi connectivity index (χ3v) is 5.74. The smallest absolute Gasteiger partial charge is 0.317 e. The highest BCUT2D eigenvalue weighted by atomic mass is 16.5. The molecule has 1 aromatic carbocycles. The van der Waals surface area contributed by atoms with Crippen LogP contribution in [-0.4, -0.2) is 68.3 Å². The lowest BCUT2D eigenvalue weighted by molar-refractivity contribution is 0.0258. The predicted octanol–water partition coefficient (Wildman–Crippen LogP) is 2.93. The molecule has 1 N–H and O–H groups in total. The van der Waals surface area contributed by atoms with Crippen LogP contribution < -0.4 is 5.32 Å². The first-order chi connectivity index (χ1) is 12.7. The molecule has 2 aliphatic heterocycles. The fourth-order valence-corrected chi connectivity index (χ4v) is 3.92. The van der Waals surface area contributed by atoms with Crippen molar-refractivity contribution >= 4 is 6.03 Å². The van der Waals surface area contributed by atoms with Crippen molar-refractivity contribution in [3.05, 3.63) is 35.9 Å². The number of carbonyl (C=O) groups excluding carboxylic acids is 1. The minimum atomic E-state index is 0.107. The summed E-state index contributed by atoms with van der Waals surface area (Å²) in [5.74, 6) is 1.19. The van der Waals surface area contributed by atoms with Gasteiger partial charge in [0, 0.05) is 39.3 Å². The van der Waals surface area contributed by atoms with E-state index in [2.05, 4.69) is 41.4 Å². The molecule has 5 nitrogen and oxygen atoms in total. The molecule has 0 saturated carbocycles. The molecule has 0 radical (unpaired) electrons. The van der Waals surface area contributed by atoms with Crippen LogP contribution in [0.25, 0.3) is 0 Å². The van der Waals surface area contributed by atoms with Gasteiger partial charge in [0.05, 0.1) is 13.2 Å². The van der Waals surface area contributed by atoms with Crippen molar-refractivity contribution in [1.82, 2.24) is 15.1 Å². The van der Waals surface area contributed by atoms with Gasteiger partial charge in [0.2, 0.25) is 0 Å². The molecule has 2 amide bonds. The summed E-state index contributed by atoms with van der Waals surface area (Å²) in [7, 11) is 0. The molecule has 2 aliphatic rings. The van der Waals surface area contributed by atoms with Gasteiger partial charge >= 0.3 is 6.03 Å². The molecular formula is C21H33N3O2. The van der Waals surface area contributed by atoms with Gasteiger partial charge in [0.25, 0.3) is 0 Å². The normalized spacial score (nSPS) is 20.7. The molecule has 0 unspecified atom stereocenters. The Balaban J connectivity index is 1.32. The quantitative estimate of drug-likeness (QED) is 0.849. The number of morpholine rings is 1. The molecule has 1 aromatic rings. The first-order valence-corrected chi connectivity index (χ1v) is 10.1. The van der Waals surface area contributed by atoms with Crippen LogP contribution >= 0.6 is 0 Å². The maximum Gasteiger partial charge on any atom is 0.317 e. The van der Waals surface area contributed by atoms with E-state index in [4.69, 9.17) is 4.74 Å². The summed E-state index contributed by atoms with van der Waals surface area (Å²) < 4.78 is 5.42. The summed E-state index contributed by atoms with van der Waals surface area (Å²) in [5.41, 5.74) is 1.34. The summed E-state index contributed by atoms with van der Waals surface area (Å²) in [6.07, 6.45) is 3.21. The number of hydrogen-bond donors (Lipinski definition) is 1. The van der Waals surface area contributed by atoms with Crippen molar-refractivity contribution in [2.45, 2.75) is 32.1 Å². The molecule has 5 heteroatoms. The molecule has 2 saturated heterocycles. The number of ether oxygens (including phenoxy) is 1. The molecule has 26 heavy (non-hydrogen) atoms. The van der Waals surface area contributed by atoms with Gasteiger partial charge < -0.3 is 15.0 Å². The van der Waals surface area contributed by atoms with Gasteiger partial charge in [-0.1, -0.05) is 37.3 Å². The fourth-order valence-electron chi connectivity index (χ4n) is 3.92. The molecule has 0 aromatic heterocycles. The van der Waals surface area contributed by atoms with Crippen LogP contribution in [0, 0.1) is 5.92 Å². The van der Waals surface area contributed by atoms with Crippen molar-refractivity contribution in [3.8, 4) is 0 Å². The van der Waals surface area contributed by atoms with E-state index >= 15 is 0 Å². The Hall–Kier alpha value is -1.59. The van der Waals surface area contributed by atoms with E-state index in [1.165, 1.54) is 5.56 Å². The van der Waals surface area contributed by atoms with E-state index in [1.807, 2.05) is 11.0 Å². The number of likely N-dealkylation sites (tertiary alicyclic amines) is 1. The Morgan fingerprint density at radius 2 is 1.85 bits per heavy atom. The Labute approximate surface area is 157 Å². The molecule has 0 aliphatic carbocycles. The molecule has 2 fully saturated rings. The zero-order chi connectivity index (χ0) is 18.2. The lowest BCUT2D eigenvalue weighted by Gasteiger charge is -2.36. The van der Waals surface area contributed by atoms with Crippen LogP contribution in [0.2, 0.25) is 0 Å². The number of amides is 2. The minimum absolute atomic E-state index is 0.107. The molecule has 144 valence electrons. The third-order valence-electron chi connectivity index (χ3n) is 5.74. The fraction of sp³-hybridized carbons (Fsp3) is 0.667. The maximum atomic E-state index is 12.4. The van der Waals surface area contributed by atoms with Crippen molar-refractivity contribution in [3.63, 3.8) is 0 Å². The lowest BCUT2D eigenvalue weighted by Crippen LogP contribution is -2.47. The number of carbonyl (C=O) groups is 1. The third kappa shape index (κ3) is 5.71. The average molecular weight is 360 g/mol. The molecule has 2 heterocycles. The van der Waals surface area contributed by atoms with Crippen LogP contribution in [0.3, 0.4) is 0 Å². The van der Waals surface area contributed by atoms with E-state index in [1.54, 1.807) is 0 Å². The number of rotatable bonds is 6. The van der Waals surface area contributed by atoms with Crippen LogP contribution in [-0.2, 0) is 4.74 Å². The van der Waals surface area contributed by atoms with E-state index in [9.17, 15) is 4.79 Å². The summed E-state index contributed by atoms with van der Waals surface area (Å²) in [5, 5.41) is 3.11. The second kappa shape index (κ2) is 9.93. The number of nitrogens with one attached hydrogen (secondary N) is 1. The number of piperidine rings is 1. The predicted molar refractivity (Wildman–Crippen MR) is 104 cm³/mol. The van der Waals surface area contributed by atoms with E-state index in [-0.39, 0.29) is 6.03 Å². The summed E-state index contributed by atoms with van der Waals surface area (Å²) in [6, 6.07) is 10.6. The van der Waals surface area contributed by atoms with Crippen molar-refractivity contribution in [2.75, 3.05) is 52.5 Å². The minimum Gasteiger partial charge on any atom is -0.379 e. The Morgan fingerprint density at radius 3 is 2.54 bits per heavy atom. The standard InChI is InChI=1S/C21H33N3O2/c1-18(20-5-3-2-4-6-20)7-10-22-21(25)24-11-8-19(9-12-24)17-23-13-15-26-16-14-23/h2-6,18-19H,7-17H2,1H3,(H,22,25)/t18-/m1/s1. The first-order valence-electron chi connectivity index (χ1n) is 10.1. The lowest BCUT2D eigenvalue weighted by atomic mass is 9.96. The van der Waals surface area contributed by atoms with Crippen molar-refractivity contribution in [1.29, 1.82) is 0 Å². The zero-order valence-electron chi connectivity index (χ0n) is 16.0. The van der Waals surface area contributed by atoms with Crippen LogP contribution in [0.15, 0.2) is 30.3 Å². The highest BCUT2D eigenvalue weighted by molar-refractivity contribution is 5.74.